The number of hydrogen-bond donors (Lipinski definition) is 1. The summed E-state index contributed by atoms with van der Waals surface area (Å²) in [6, 6.07) is 12.9. The fourth-order valence-corrected chi connectivity index (χ4v) is 3.97. The molecule has 20 heavy (non-hydrogen) atoms. The van der Waals surface area contributed by atoms with E-state index in [2.05, 4.69) is 59.5 Å². The number of nitrogens with zero attached hydrogens (tertiary/aromatic N) is 2. The second kappa shape index (κ2) is 6.25. The fourth-order valence-electron chi connectivity index (χ4n) is 3.97. The zero-order valence-corrected chi connectivity index (χ0v) is 12.8. The van der Waals surface area contributed by atoms with Crippen LogP contribution in [0.5, 0.6) is 0 Å². The van der Waals surface area contributed by atoms with Gasteiger partial charge < -0.3 is 10.2 Å². The predicted molar refractivity (Wildman–Crippen MR) is 83.8 cm³/mol. The molecule has 110 valence electrons. The van der Waals surface area contributed by atoms with Gasteiger partial charge in [-0.05, 0) is 32.5 Å². The Kier molecular flexibility index (Phi) is 4.39. The van der Waals surface area contributed by atoms with Crippen molar-refractivity contribution >= 4 is 0 Å². The third-order valence-electron chi connectivity index (χ3n) is 4.97. The van der Waals surface area contributed by atoms with Gasteiger partial charge in [0.1, 0.15) is 0 Å². The molecule has 1 aliphatic heterocycles. The molecule has 3 heteroatoms. The summed E-state index contributed by atoms with van der Waals surface area (Å²) < 4.78 is 0. The van der Waals surface area contributed by atoms with Crippen molar-refractivity contribution in [3.63, 3.8) is 0 Å². The highest BCUT2D eigenvalue weighted by molar-refractivity contribution is 5.15. The molecule has 2 fully saturated rings. The molecule has 1 N–H and O–H groups in total. The maximum atomic E-state index is 3.78. The van der Waals surface area contributed by atoms with Gasteiger partial charge in [-0.15, -0.1) is 0 Å². The van der Waals surface area contributed by atoms with Crippen LogP contribution in [-0.2, 0) is 6.54 Å². The van der Waals surface area contributed by atoms with Gasteiger partial charge in [0.05, 0.1) is 0 Å². The Bertz CT molecular complexity index is 418. The molecule has 0 spiro atoms. The molecule has 1 heterocycles. The lowest BCUT2D eigenvalue weighted by atomic mass is 9.83. The van der Waals surface area contributed by atoms with Crippen LogP contribution in [0.15, 0.2) is 30.3 Å². The molecule has 3 nitrogen and oxygen atoms in total. The van der Waals surface area contributed by atoms with Gasteiger partial charge in [0.25, 0.3) is 0 Å². The minimum Gasteiger partial charge on any atom is -0.310 e. The van der Waals surface area contributed by atoms with Crippen LogP contribution in [0.4, 0.5) is 0 Å². The van der Waals surface area contributed by atoms with Crippen molar-refractivity contribution in [3.8, 4) is 0 Å². The number of hydrogen-bond acceptors (Lipinski definition) is 3. The summed E-state index contributed by atoms with van der Waals surface area (Å²) in [6.45, 7) is 3.40. The standard InChI is InChI=1S/C17H27N3/c1-19(2)15-9-6-10-16-17(15)18-11-12-20(16)13-14-7-4-3-5-8-14/h3-5,7-8,15-18H,6,9-13H2,1-2H3. The Morgan fingerprint density at radius 3 is 2.75 bits per heavy atom. The van der Waals surface area contributed by atoms with Crippen molar-refractivity contribution in [1.82, 2.24) is 15.1 Å². The molecule has 1 aromatic carbocycles. The van der Waals surface area contributed by atoms with Gasteiger partial charge in [-0.2, -0.15) is 0 Å². The highest BCUT2D eigenvalue weighted by atomic mass is 15.3. The van der Waals surface area contributed by atoms with E-state index < -0.39 is 0 Å². The highest BCUT2D eigenvalue weighted by Crippen LogP contribution is 2.29. The van der Waals surface area contributed by atoms with E-state index in [0.29, 0.717) is 18.1 Å². The van der Waals surface area contributed by atoms with E-state index in [1.54, 1.807) is 0 Å². The third-order valence-corrected chi connectivity index (χ3v) is 4.97. The second-order valence-electron chi connectivity index (χ2n) is 6.47. The summed E-state index contributed by atoms with van der Waals surface area (Å²) in [6.07, 6.45) is 4.03. The lowest BCUT2D eigenvalue weighted by molar-refractivity contribution is 0.0359. The Morgan fingerprint density at radius 2 is 2.00 bits per heavy atom. The number of piperazine rings is 1. The van der Waals surface area contributed by atoms with Crippen molar-refractivity contribution in [2.75, 3.05) is 27.2 Å². The number of rotatable bonds is 3. The SMILES string of the molecule is CN(C)C1CCCC2C1NCCN2Cc1ccccc1. The maximum Gasteiger partial charge on any atom is 0.0380 e. The number of benzene rings is 1. The third kappa shape index (κ3) is 2.90. The van der Waals surface area contributed by atoms with Gasteiger partial charge in [-0.25, -0.2) is 0 Å². The normalized spacial score (nSPS) is 31.2. The van der Waals surface area contributed by atoms with Crippen molar-refractivity contribution in [1.29, 1.82) is 0 Å². The van der Waals surface area contributed by atoms with Gasteiger partial charge >= 0.3 is 0 Å². The summed E-state index contributed by atoms with van der Waals surface area (Å²) in [5.41, 5.74) is 1.44. The number of fused-ring (bicyclic) bond motifs is 1. The van der Waals surface area contributed by atoms with Crippen LogP contribution in [0.1, 0.15) is 24.8 Å². The highest BCUT2D eigenvalue weighted by Gasteiger charge is 2.39. The quantitative estimate of drug-likeness (QED) is 0.908. The molecule has 0 radical (unpaired) electrons. The van der Waals surface area contributed by atoms with Crippen LogP contribution in [0.3, 0.4) is 0 Å². The topological polar surface area (TPSA) is 18.5 Å². The van der Waals surface area contributed by atoms with Crippen LogP contribution in [0.25, 0.3) is 0 Å². The van der Waals surface area contributed by atoms with Gasteiger partial charge in [0, 0.05) is 37.8 Å². The Hall–Kier alpha value is -0.900. The van der Waals surface area contributed by atoms with Crippen molar-refractivity contribution in [2.45, 2.75) is 43.9 Å². The molecular weight excluding hydrogens is 246 g/mol. The first-order valence-electron chi connectivity index (χ1n) is 7.93. The van der Waals surface area contributed by atoms with Crippen LogP contribution < -0.4 is 5.32 Å². The van der Waals surface area contributed by atoms with Crippen molar-refractivity contribution < 1.29 is 0 Å². The molecule has 0 amide bonds. The maximum absolute atomic E-state index is 3.78. The summed E-state index contributed by atoms with van der Waals surface area (Å²) in [7, 11) is 4.45. The van der Waals surface area contributed by atoms with Gasteiger partial charge in [-0.3, -0.25) is 4.90 Å². The molecule has 1 saturated heterocycles. The van der Waals surface area contributed by atoms with E-state index in [1.165, 1.54) is 31.4 Å². The monoisotopic (exact) mass is 273 g/mol. The minimum atomic E-state index is 0.635. The van der Waals surface area contributed by atoms with Gasteiger partial charge in [0.2, 0.25) is 0 Å². The Morgan fingerprint density at radius 1 is 1.20 bits per heavy atom. The van der Waals surface area contributed by atoms with Crippen LogP contribution in [-0.4, -0.2) is 55.1 Å². The van der Waals surface area contributed by atoms with E-state index in [9.17, 15) is 0 Å². The molecule has 0 aromatic heterocycles. The van der Waals surface area contributed by atoms with E-state index in [0.717, 1.165) is 13.1 Å². The van der Waals surface area contributed by atoms with E-state index in [-0.39, 0.29) is 0 Å². The van der Waals surface area contributed by atoms with Crippen LogP contribution >= 0.6 is 0 Å². The number of nitrogens with one attached hydrogen (secondary N) is 1. The van der Waals surface area contributed by atoms with Crippen LogP contribution in [0.2, 0.25) is 0 Å². The largest absolute Gasteiger partial charge is 0.310 e. The molecule has 3 rings (SSSR count). The average molecular weight is 273 g/mol. The van der Waals surface area contributed by atoms with Crippen molar-refractivity contribution in [3.05, 3.63) is 35.9 Å². The first-order chi connectivity index (χ1) is 9.75. The smallest absolute Gasteiger partial charge is 0.0380 e. The van der Waals surface area contributed by atoms with E-state index >= 15 is 0 Å². The first-order valence-corrected chi connectivity index (χ1v) is 7.93. The minimum absolute atomic E-state index is 0.635. The molecule has 3 unspecified atom stereocenters. The van der Waals surface area contributed by atoms with E-state index in [1.807, 2.05) is 0 Å². The first kappa shape index (κ1) is 14.1. The predicted octanol–water partition coefficient (Wildman–Crippen LogP) is 1.94. The fraction of sp³-hybridized carbons (Fsp3) is 0.647. The summed E-state index contributed by atoms with van der Waals surface area (Å²) in [4.78, 5) is 5.11. The molecule has 0 bridgehead atoms. The second-order valence-corrected chi connectivity index (χ2v) is 6.47. The molecule has 1 aliphatic carbocycles. The Labute approximate surface area is 123 Å². The molecule has 3 atom stereocenters. The van der Waals surface area contributed by atoms with Crippen molar-refractivity contribution in [2.24, 2.45) is 0 Å². The molecule has 2 aliphatic rings. The van der Waals surface area contributed by atoms with Gasteiger partial charge in [-0.1, -0.05) is 36.8 Å². The number of likely N-dealkylation sites (N-methyl/N-ethyl adjacent to an activating group) is 1. The van der Waals surface area contributed by atoms with Crippen LogP contribution in [0, 0.1) is 0 Å². The molecular formula is C17H27N3. The summed E-state index contributed by atoms with van der Waals surface area (Å²) in [5, 5.41) is 3.78. The summed E-state index contributed by atoms with van der Waals surface area (Å²) >= 11 is 0. The zero-order valence-electron chi connectivity index (χ0n) is 12.8. The lowest BCUT2D eigenvalue weighted by Gasteiger charge is -2.49. The lowest BCUT2D eigenvalue weighted by Crippen LogP contribution is -2.65. The summed E-state index contributed by atoms with van der Waals surface area (Å²) in [5.74, 6) is 0. The van der Waals surface area contributed by atoms with Gasteiger partial charge in [0.15, 0.2) is 0 Å². The molecule has 1 saturated carbocycles. The molecule has 1 aromatic rings. The average Bonchev–Trinajstić information content (AvgIpc) is 2.48. The van der Waals surface area contributed by atoms with E-state index in [4.69, 9.17) is 0 Å². The Balaban J connectivity index is 1.72. The zero-order chi connectivity index (χ0) is 13.9.